The third-order valence-electron chi connectivity index (χ3n) is 5.17. The molecule has 2 aliphatic carbocycles. The maximum Gasteiger partial charge on any atom is 0.0325 e. The topological polar surface area (TPSA) is 12.0 Å². The van der Waals surface area contributed by atoms with Gasteiger partial charge in [-0.1, -0.05) is 50.5 Å². The third kappa shape index (κ3) is 3.02. The molecule has 3 rings (SSSR count). The van der Waals surface area contributed by atoms with Crippen molar-refractivity contribution in [2.24, 2.45) is 5.92 Å². The van der Waals surface area contributed by atoms with Gasteiger partial charge in [-0.25, -0.2) is 0 Å². The van der Waals surface area contributed by atoms with Crippen LogP contribution in [0.1, 0.15) is 69.0 Å². The molecular formula is C18H27N. The normalized spacial score (nSPS) is 30.9. The van der Waals surface area contributed by atoms with Crippen molar-refractivity contribution in [3.05, 3.63) is 35.4 Å². The van der Waals surface area contributed by atoms with Gasteiger partial charge in [0.2, 0.25) is 0 Å². The molecule has 3 atom stereocenters. The summed E-state index contributed by atoms with van der Waals surface area (Å²) in [6, 6.07) is 10.4. The average molecular weight is 257 g/mol. The van der Waals surface area contributed by atoms with Crippen LogP contribution in [-0.4, -0.2) is 6.04 Å². The van der Waals surface area contributed by atoms with Crippen molar-refractivity contribution in [3.63, 3.8) is 0 Å². The largest absolute Gasteiger partial charge is 0.307 e. The molecule has 0 aliphatic heterocycles. The van der Waals surface area contributed by atoms with Gasteiger partial charge in [-0.2, -0.15) is 0 Å². The van der Waals surface area contributed by atoms with Crippen LogP contribution in [0.4, 0.5) is 0 Å². The fourth-order valence-corrected chi connectivity index (χ4v) is 4.02. The second-order valence-electron chi connectivity index (χ2n) is 6.45. The first kappa shape index (κ1) is 13.2. The standard InChI is InChI=1S/C18H27N/c1-2-14-7-5-10-16(13-14)19-18-12-6-9-15-8-3-4-11-17(15)18/h3-4,8,11,14,16,18-19H,2,5-7,9-10,12-13H2,1H3. The lowest BCUT2D eigenvalue weighted by Crippen LogP contribution is -2.38. The van der Waals surface area contributed by atoms with Crippen molar-refractivity contribution < 1.29 is 0 Å². The number of benzene rings is 1. The van der Waals surface area contributed by atoms with E-state index in [0.717, 1.165) is 12.0 Å². The van der Waals surface area contributed by atoms with Gasteiger partial charge in [-0.15, -0.1) is 0 Å². The molecule has 0 amide bonds. The van der Waals surface area contributed by atoms with Crippen molar-refractivity contribution >= 4 is 0 Å². The lowest BCUT2D eigenvalue weighted by molar-refractivity contribution is 0.254. The molecule has 0 radical (unpaired) electrons. The molecule has 3 unspecified atom stereocenters. The molecule has 104 valence electrons. The van der Waals surface area contributed by atoms with Gasteiger partial charge in [0.15, 0.2) is 0 Å². The number of aryl methyl sites for hydroxylation is 1. The van der Waals surface area contributed by atoms with Crippen LogP contribution in [0.3, 0.4) is 0 Å². The number of nitrogens with one attached hydrogen (secondary N) is 1. The molecule has 1 heteroatoms. The third-order valence-corrected chi connectivity index (χ3v) is 5.17. The molecule has 1 fully saturated rings. The first-order valence-electron chi connectivity index (χ1n) is 8.20. The van der Waals surface area contributed by atoms with E-state index in [1.54, 1.807) is 11.1 Å². The van der Waals surface area contributed by atoms with E-state index in [9.17, 15) is 0 Å². The molecule has 1 aromatic carbocycles. The highest BCUT2D eigenvalue weighted by molar-refractivity contribution is 5.32. The highest BCUT2D eigenvalue weighted by Crippen LogP contribution is 2.33. The first-order valence-corrected chi connectivity index (χ1v) is 8.20. The smallest absolute Gasteiger partial charge is 0.0325 e. The first-order chi connectivity index (χ1) is 9.36. The summed E-state index contributed by atoms with van der Waals surface area (Å²) in [6.07, 6.45) is 11.0. The van der Waals surface area contributed by atoms with Crippen LogP contribution >= 0.6 is 0 Å². The Morgan fingerprint density at radius 1 is 1.11 bits per heavy atom. The van der Waals surface area contributed by atoms with Gasteiger partial charge < -0.3 is 5.32 Å². The maximum absolute atomic E-state index is 3.98. The predicted octanol–water partition coefficient (Wildman–Crippen LogP) is 4.62. The zero-order chi connectivity index (χ0) is 13.1. The van der Waals surface area contributed by atoms with Gasteiger partial charge in [-0.05, 0) is 49.1 Å². The summed E-state index contributed by atoms with van der Waals surface area (Å²) in [5.74, 6) is 0.963. The van der Waals surface area contributed by atoms with E-state index < -0.39 is 0 Å². The van der Waals surface area contributed by atoms with E-state index in [1.165, 1.54) is 51.4 Å². The summed E-state index contributed by atoms with van der Waals surface area (Å²) >= 11 is 0. The number of hydrogen-bond acceptors (Lipinski definition) is 1. The van der Waals surface area contributed by atoms with Crippen molar-refractivity contribution in [1.29, 1.82) is 0 Å². The zero-order valence-corrected chi connectivity index (χ0v) is 12.2. The summed E-state index contributed by atoms with van der Waals surface area (Å²) in [4.78, 5) is 0. The highest BCUT2D eigenvalue weighted by atomic mass is 15.0. The Morgan fingerprint density at radius 2 is 2.00 bits per heavy atom. The van der Waals surface area contributed by atoms with Gasteiger partial charge in [0, 0.05) is 12.1 Å². The fourth-order valence-electron chi connectivity index (χ4n) is 4.02. The van der Waals surface area contributed by atoms with E-state index >= 15 is 0 Å². The summed E-state index contributed by atoms with van der Waals surface area (Å²) in [7, 11) is 0. The Hall–Kier alpha value is -0.820. The van der Waals surface area contributed by atoms with Crippen LogP contribution < -0.4 is 5.32 Å². The Balaban J connectivity index is 1.67. The summed E-state index contributed by atoms with van der Waals surface area (Å²) in [6.45, 7) is 2.35. The minimum absolute atomic E-state index is 0.616. The highest BCUT2D eigenvalue weighted by Gasteiger charge is 2.26. The quantitative estimate of drug-likeness (QED) is 0.833. The van der Waals surface area contributed by atoms with E-state index in [-0.39, 0.29) is 0 Å². The predicted molar refractivity (Wildman–Crippen MR) is 81.3 cm³/mol. The number of fused-ring (bicyclic) bond motifs is 1. The van der Waals surface area contributed by atoms with E-state index in [2.05, 4.69) is 36.5 Å². The zero-order valence-electron chi connectivity index (χ0n) is 12.2. The van der Waals surface area contributed by atoms with Crippen LogP contribution in [0.25, 0.3) is 0 Å². The van der Waals surface area contributed by atoms with E-state index in [1.807, 2.05) is 0 Å². The number of rotatable bonds is 3. The molecule has 19 heavy (non-hydrogen) atoms. The van der Waals surface area contributed by atoms with Crippen LogP contribution in [0.5, 0.6) is 0 Å². The molecule has 1 saturated carbocycles. The Labute approximate surface area is 117 Å². The molecule has 1 aromatic rings. The van der Waals surface area contributed by atoms with Crippen LogP contribution in [0, 0.1) is 5.92 Å². The van der Waals surface area contributed by atoms with Crippen LogP contribution in [0.2, 0.25) is 0 Å². The van der Waals surface area contributed by atoms with Gasteiger partial charge >= 0.3 is 0 Å². The van der Waals surface area contributed by atoms with Gasteiger partial charge in [0.25, 0.3) is 0 Å². The summed E-state index contributed by atoms with van der Waals surface area (Å²) < 4.78 is 0. The Kier molecular flexibility index (Phi) is 4.22. The summed E-state index contributed by atoms with van der Waals surface area (Å²) in [5.41, 5.74) is 3.15. The second-order valence-corrected chi connectivity index (χ2v) is 6.45. The van der Waals surface area contributed by atoms with Crippen LogP contribution in [0.15, 0.2) is 24.3 Å². The monoisotopic (exact) mass is 257 g/mol. The van der Waals surface area contributed by atoms with Crippen molar-refractivity contribution in [1.82, 2.24) is 5.32 Å². The van der Waals surface area contributed by atoms with Crippen molar-refractivity contribution in [2.45, 2.75) is 70.4 Å². The van der Waals surface area contributed by atoms with Crippen molar-refractivity contribution in [3.8, 4) is 0 Å². The average Bonchev–Trinajstić information content (AvgIpc) is 2.48. The molecule has 1 N–H and O–H groups in total. The van der Waals surface area contributed by atoms with E-state index in [4.69, 9.17) is 0 Å². The molecule has 0 heterocycles. The molecule has 1 nitrogen and oxygen atoms in total. The van der Waals surface area contributed by atoms with Gasteiger partial charge in [0.05, 0.1) is 0 Å². The van der Waals surface area contributed by atoms with Crippen molar-refractivity contribution in [2.75, 3.05) is 0 Å². The SMILES string of the molecule is CCC1CCCC(NC2CCCc3ccccc32)C1. The lowest BCUT2D eigenvalue weighted by atomic mass is 9.82. The van der Waals surface area contributed by atoms with Crippen LogP contribution in [-0.2, 0) is 6.42 Å². The molecule has 0 aromatic heterocycles. The Bertz CT molecular complexity index is 412. The molecule has 2 aliphatic rings. The minimum Gasteiger partial charge on any atom is -0.307 e. The second kappa shape index (κ2) is 6.09. The van der Waals surface area contributed by atoms with E-state index in [0.29, 0.717) is 6.04 Å². The molecule has 0 saturated heterocycles. The molecule has 0 bridgehead atoms. The fraction of sp³-hybridized carbons (Fsp3) is 0.667. The molecule has 0 spiro atoms. The lowest BCUT2D eigenvalue weighted by Gasteiger charge is -2.35. The number of hydrogen-bond donors (Lipinski definition) is 1. The van der Waals surface area contributed by atoms with Gasteiger partial charge in [-0.3, -0.25) is 0 Å². The minimum atomic E-state index is 0.616. The van der Waals surface area contributed by atoms with Gasteiger partial charge in [0.1, 0.15) is 0 Å². The Morgan fingerprint density at radius 3 is 2.89 bits per heavy atom. The molecular weight excluding hydrogens is 230 g/mol. The maximum atomic E-state index is 3.98. The summed E-state index contributed by atoms with van der Waals surface area (Å²) in [5, 5.41) is 3.98.